The molecule has 0 spiro atoms. The third kappa shape index (κ3) is 2.20. The predicted molar refractivity (Wildman–Crippen MR) is 80.7 cm³/mol. The molecule has 0 unspecified atom stereocenters. The number of rotatable bonds is 2. The van der Waals surface area contributed by atoms with Gasteiger partial charge in [0.15, 0.2) is 0 Å². The lowest BCUT2D eigenvalue weighted by molar-refractivity contribution is 0.407. The molecular formula is C17H20O3. The molecule has 0 radical (unpaired) electrons. The van der Waals surface area contributed by atoms with Gasteiger partial charge in [-0.2, -0.15) is 0 Å². The Labute approximate surface area is 119 Å². The molecular weight excluding hydrogens is 252 g/mol. The van der Waals surface area contributed by atoms with Gasteiger partial charge in [0, 0.05) is 17.2 Å². The highest BCUT2D eigenvalue weighted by molar-refractivity contribution is 5.82. The molecule has 0 aliphatic heterocycles. The zero-order valence-corrected chi connectivity index (χ0v) is 12.5. The summed E-state index contributed by atoms with van der Waals surface area (Å²) >= 11 is 0. The average molecular weight is 272 g/mol. The Balaban J connectivity index is 2.79. The fourth-order valence-electron chi connectivity index (χ4n) is 2.56. The molecule has 0 aliphatic rings. The van der Waals surface area contributed by atoms with Crippen LogP contribution in [0.3, 0.4) is 0 Å². The van der Waals surface area contributed by atoms with Crippen LogP contribution >= 0.6 is 0 Å². The highest BCUT2D eigenvalue weighted by Crippen LogP contribution is 2.43. The first-order chi connectivity index (χ1) is 9.36. The number of benzene rings is 2. The van der Waals surface area contributed by atoms with Crippen molar-refractivity contribution in [2.45, 2.75) is 27.7 Å². The number of hydrogen-bond donors (Lipinski definition) is 2. The first-order valence-electron chi connectivity index (χ1n) is 6.54. The molecule has 0 fully saturated rings. The van der Waals surface area contributed by atoms with E-state index in [1.54, 1.807) is 19.2 Å². The molecule has 0 heterocycles. The summed E-state index contributed by atoms with van der Waals surface area (Å²) in [5, 5.41) is 20.6. The van der Waals surface area contributed by atoms with Crippen molar-refractivity contribution >= 4 is 0 Å². The molecule has 0 amide bonds. The van der Waals surface area contributed by atoms with Crippen LogP contribution in [0.5, 0.6) is 17.2 Å². The SMILES string of the molecule is COc1cc(C)c(-c2c(O)cc(C)c(C)c2C)c(O)c1. The summed E-state index contributed by atoms with van der Waals surface area (Å²) in [6.45, 7) is 7.84. The van der Waals surface area contributed by atoms with Crippen molar-refractivity contribution in [2.75, 3.05) is 7.11 Å². The van der Waals surface area contributed by atoms with E-state index in [2.05, 4.69) is 0 Å². The molecule has 2 aromatic carbocycles. The number of methoxy groups -OCH3 is 1. The first-order valence-corrected chi connectivity index (χ1v) is 6.54. The zero-order chi connectivity index (χ0) is 15.0. The second-order valence-electron chi connectivity index (χ2n) is 5.18. The quantitative estimate of drug-likeness (QED) is 0.868. The van der Waals surface area contributed by atoms with E-state index >= 15 is 0 Å². The molecule has 0 atom stereocenters. The molecule has 20 heavy (non-hydrogen) atoms. The van der Waals surface area contributed by atoms with E-state index in [9.17, 15) is 10.2 Å². The number of ether oxygens (including phenoxy) is 1. The maximum absolute atomic E-state index is 10.3. The highest BCUT2D eigenvalue weighted by Gasteiger charge is 2.18. The Hall–Kier alpha value is -2.16. The van der Waals surface area contributed by atoms with Gasteiger partial charge in [-0.15, -0.1) is 0 Å². The smallest absolute Gasteiger partial charge is 0.127 e. The van der Waals surface area contributed by atoms with Gasteiger partial charge in [0.2, 0.25) is 0 Å². The lowest BCUT2D eigenvalue weighted by atomic mass is 9.90. The van der Waals surface area contributed by atoms with Crippen LogP contribution in [0, 0.1) is 27.7 Å². The van der Waals surface area contributed by atoms with E-state index in [4.69, 9.17) is 4.74 Å². The monoisotopic (exact) mass is 272 g/mol. The number of aromatic hydroxyl groups is 2. The summed E-state index contributed by atoms with van der Waals surface area (Å²) in [6, 6.07) is 5.15. The third-order valence-corrected chi connectivity index (χ3v) is 3.91. The summed E-state index contributed by atoms with van der Waals surface area (Å²) in [7, 11) is 1.56. The van der Waals surface area contributed by atoms with Gasteiger partial charge in [0.1, 0.15) is 17.2 Å². The van der Waals surface area contributed by atoms with Crippen LogP contribution in [-0.2, 0) is 0 Å². The topological polar surface area (TPSA) is 49.7 Å². The first kappa shape index (κ1) is 14.3. The average Bonchev–Trinajstić information content (AvgIpc) is 2.39. The molecule has 0 bridgehead atoms. The fourth-order valence-corrected chi connectivity index (χ4v) is 2.56. The normalized spacial score (nSPS) is 10.7. The minimum Gasteiger partial charge on any atom is -0.507 e. The molecule has 3 nitrogen and oxygen atoms in total. The predicted octanol–water partition coefficient (Wildman–Crippen LogP) is 4.01. The molecule has 2 rings (SSSR count). The van der Waals surface area contributed by atoms with Gasteiger partial charge in [-0.3, -0.25) is 0 Å². The third-order valence-electron chi connectivity index (χ3n) is 3.91. The summed E-state index contributed by atoms with van der Waals surface area (Å²) in [6.07, 6.45) is 0. The van der Waals surface area contributed by atoms with Crippen LogP contribution in [0.1, 0.15) is 22.3 Å². The summed E-state index contributed by atoms with van der Waals surface area (Å²) in [5.41, 5.74) is 5.34. The van der Waals surface area contributed by atoms with E-state index in [0.717, 1.165) is 22.3 Å². The van der Waals surface area contributed by atoms with Crippen molar-refractivity contribution in [3.8, 4) is 28.4 Å². The van der Waals surface area contributed by atoms with Crippen LogP contribution in [0.25, 0.3) is 11.1 Å². The Morgan fingerprint density at radius 2 is 1.35 bits per heavy atom. The van der Waals surface area contributed by atoms with Gasteiger partial charge in [-0.05, 0) is 62.1 Å². The van der Waals surface area contributed by atoms with Gasteiger partial charge in [-0.1, -0.05) is 0 Å². The lowest BCUT2D eigenvalue weighted by Gasteiger charge is -2.17. The molecule has 2 aromatic rings. The van der Waals surface area contributed by atoms with E-state index in [1.807, 2.05) is 33.8 Å². The fraction of sp³-hybridized carbons (Fsp3) is 0.294. The Morgan fingerprint density at radius 1 is 0.750 bits per heavy atom. The zero-order valence-electron chi connectivity index (χ0n) is 12.5. The van der Waals surface area contributed by atoms with Crippen LogP contribution in [0.15, 0.2) is 18.2 Å². The number of phenolic OH excluding ortho intramolecular Hbond substituents is 2. The van der Waals surface area contributed by atoms with Crippen molar-refractivity contribution in [1.82, 2.24) is 0 Å². The minimum atomic E-state index is 0.114. The molecule has 0 aliphatic carbocycles. The van der Waals surface area contributed by atoms with E-state index in [0.29, 0.717) is 16.9 Å². The van der Waals surface area contributed by atoms with Crippen LogP contribution in [-0.4, -0.2) is 17.3 Å². The van der Waals surface area contributed by atoms with E-state index < -0.39 is 0 Å². The van der Waals surface area contributed by atoms with Crippen molar-refractivity contribution < 1.29 is 14.9 Å². The Kier molecular flexibility index (Phi) is 3.62. The van der Waals surface area contributed by atoms with Crippen molar-refractivity contribution in [3.05, 3.63) is 40.5 Å². The summed E-state index contributed by atoms with van der Waals surface area (Å²) < 4.78 is 5.15. The van der Waals surface area contributed by atoms with E-state index in [1.165, 1.54) is 0 Å². The molecule has 0 saturated carbocycles. The molecule has 106 valence electrons. The lowest BCUT2D eigenvalue weighted by Crippen LogP contribution is -1.95. The second-order valence-corrected chi connectivity index (χ2v) is 5.18. The minimum absolute atomic E-state index is 0.114. The Bertz CT molecular complexity index is 649. The highest BCUT2D eigenvalue weighted by atomic mass is 16.5. The number of phenols is 2. The van der Waals surface area contributed by atoms with Crippen LogP contribution < -0.4 is 4.74 Å². The van der Waals surface area contributed by atoms with Crippen LogP contribution in [0.4, 0.5) is 0 Å². The summed E-state index contributed by atoms with van der Waals surface area (Å²) in [4.78, 5) is 0. The van der Waals surface area contributed by atoms with Crippen molar-refractivity contribution in [3.63, 3.8) is 0 Å². The van der Waals surface area contributed by atoms with Gasteiger partial charge in [-0.25, -0.2) is 0 Å². The second kappa shape index (κ2) is 5.08. The van der Waals surface area contributed by atoms with Gasteiger partial charge in [0.05, 0.1) is 7.11 Å². The van der Waals surface area contributed by atoms with E-state index in [-0.39, 0.29) is 11.5 Å². The number of hydrogen-bond acceptors (Lipinski definition) is 3. The largest absolute Gasteiger partial charge is 0.507 e. The maximum Gasteiger partial charge on any atom is 0.127 e. The molecule has 0 aromatic heterocycles. The van der Waals surface area contributed by atoms with Gasteiger partial charge in [0.25, 0.3) is 0 Å². The van der Waals surface area contributed by atoms with Gasteiger partial charge < -0.3 is 14.9 Å². The number of aryl methyl sites for hydroxylation is 2. The standard InChI is InChI=1S/C17H20O3/c1-9-7-14(18)17(12(4)11(9)3)16-10(2)6-13(20-5)8-15(16)19/h6-8,18-19H,1-5H3. The Morgan fingerprint density at radius 3 is 1.90 bits per heavy atom. The van der Waals surface area contributed by atoms with Gasteiger partial charge >= 0.3 is 0 Å². The molecule has 3 heteroatoms. The van der Waals surface area contributed by atoms with Crippen LogP contribution in [0.2, 0.25) is 0 Å². The molecule has 2 N–H and O–H groups in total. The van der Waals surface area contributed by atoms with Crippen molar-refractivity contribution in [2.24, 2.45) is 0 Å². The molecule has 0 saturated heterocycles. The maximum atomic E-state index is 10.3. The summed E-state index contributed by atoms with van der Waals surface area (Å²) in [5.74, 6) is 0.905. The van der Waals surface area contributed by atoms with Crippen molar-refractivity contribution in [1.29, 1.82) is 0 Å².